The lowest BCUT2D eigenvalue weighted by Gasteiger charge is -2.23. The van der Waals surface area contributed by atoms with E-state index >= 15 is 0 Å². The summed E-state index contributed by atoms with van der Waals surface area (Å²) in [5.41, 5.74) is 1.75. The monoisotopic (exact) mass is 624 g/mol. The number of aryl methyl sites for hydroxylation is 1. The molecular formula is C31H39F3N10O. The molecule has 4 aromatic rings. The number of alkyl halides is 3. The summed E-state index contributed by atoms with van der Waals surface area (Å²) in [5.74, 6) is 0.850. The van der Waals surface area contributed by atoms with Gasteiger partial charge in [-0.2, -0.15) is 18.3 Å². The van der Waals surface area contributed by atoms with E-state index in [0.717, 1.165) is 60.7 Å². The third-order valence-electron chi connectivity index (χ3n) is 7.71. The largest absolute Gasteiger partial charge is 0.416 e. The van der Waals surface area contributed by atoms with Gasteiger partial charge < -0.3 is 25.8 Å². The summed E-state index contributed by atoms with van der Waals surface area (Å²) in [5, 5.41) is 17.1. The van der Waals surface area contributed by atoms with Crippen molar-refractivity contribution in [3.8, 4) is 11.3 Å². The Hall–Kier alpha value is -4.27. The molecule has 0 bridgehead atoms. The van der Waals surface area contributed by atoms with Crippen LogP contribution in [0.3, 0.4) is 0 Å². The molecule has 0 unspecified atom stereocenters. The number of halogens is 3. The summed E-state index contributed by atoms with van der Waals surface area (Å²) in [7, 11) is 7.35. The van der Waals surface area contributed by atoms with Gasteiger partial charge in [0.05, 0.1) is 16.8 Å². The van der Waals surface area contributed by atoms with E-state index in [2.05, 4.69) is 36.3 Å². The second-order valence-corrected chi connectivity index (χ2v) is 11.7. The number of carbonyl (C=O) groups excluding carboxylic acids is 1. The number of anilines is 3. The zero-order chi connectivity index (χ0) is 32.1. The molecule has 0 spiro atoms. The maximum absolute atomic E-state index is 13.9. The normalized spacial score (nSPS) is 14.3. The minimum Gasteiger partial charge on any atom is -0.351 e. The maximum Gasteiger partial charge on any atom is 0.416 e. The van der Waals surface area contributed by atoms with Crippen LogP contribution in [0.4, 0.5) is 35.4 Å². The molecule has 1 aliphatic rings. The van der Waals surface area contributed by atoms with Crippen molar-refractivity contribution in [2.45, 2.75) is 31.6 Å². The first-order chi connectivity index (χ1) is 21.4. The van der Waals surface area contributed by atoms with Crippen molar-refractivity contribution in [3.63, 3.8) is 0 Å². The van der Waals surface area contributed by atoms with Gasteiger partial charge in [0, 0.05) is 61.6 Å². The minimum atomic E-state index is -4.57. The molecule has 5 rings (SSSR count). The van der Waals surface area contributed by atoms with Crippen molar-refractivity contribution in [1.29, 1.82) is 0 Å². The number of aromatic nitrogens is 4. The summed E-state index contributed by atoms with van der Waals surface area (Å²) in [6.07, 6.45) is -0.755. The summed E-state index contributed by atoms with van der Waals surface area (Å²) in [4.78, 5) is 25.7. The van der Waals surface area contributed by atoms with E-state index < -0.39 is 17.8 Å². The number of carbonyl (C=O) groups is 1. The number of hydrogen-bond donors (Lipinski definition) is 4. The number of nitrogens with zero attached hydrogens (tertiary/aromatic N) is 6. The molecule has 45 heavy (non-hydrogen) atoms. The average molecular weight is 625 g/mol. The van der Waals surface area contributed by atoms with Crippen molar-refractivity contribution in [3.05, 3.63) is 59.8 Å². The number of rotatable bonds is 10. The molecule has 2 aromatic carbocycles. The number of likely N-dealkylation sites (N-methyl/N-ethyl adjacent to an activating group) is 2. The lowest BCUT2D eigenvalue weighted by atomic mass is 10.1. The van der Waals surface area contributed by atoms with Crippen LogP contribution < -0.4 is 21.3 Å². The Kier molecular flexibility index (Phi) is 9.85. The SMILES string of the molecule is CN(C)CCN(C)Cc1ccc(NC(=O)Nc2cc(-c3ccc4nc(NC5CCNCC5)ncc4c3)n(C)n2)cc1C(F)(F)F. The maximum atomic E-state index is 13.9. The summed E-state index contributed by atoms with van der Waals surface area (Å²) in [6.45, 7) is 3.41. The highest BCUT2D eigenvalue weighted by molar-refractivity contribution is 5.99. The first-order valence-electron chi connectivity index (χ1n) is 14.8. The predicted molar refractivity (Wildman–Crippen MR) is 170 cm³/mol. The molecular weight excluding hydrogens is 585 g/mol. The molecule has 0 saturated carbocycles. The lowest BCUT2D eigenvalue weighted by molar-refractivity contribution is -0.138. The Morgan fingerprint density at radius 2 is 1.82 bits per heavy atom. The van der Waals surface area contributed by atoms with E-state index in [4.69, 9.17) is 0 Å². The zero-order valence-corrected chi connectivity index (χ0v) is 25.9. The first kappa shape index (κ1) is 32.1. The Bertz CT molecular complexity index is 1630. The Labute approximate surface area is 260 Å². The van der Waals surface area contributed by atoms with Crippen LogP contribution in [0.5, 0.6) is 0 Å². The van der Waals surface area contributed by atoms with Crippen LogP contribution >= 0.6 is 0 Å². The number of urea groups is 1. The number of fused-ring (bicyclic) bond motifs is 1. The highest BCUT2D eigenvalue weighted by atomic mass is 19.4. The van der Waals surface area contributed by atoms with Gasteiger partial charge in [-0.1, -0.05) is 12.1 Å². The molecule has 240 valence electrons. The highest BCUT2D eigenvalue weighted by Crippen LogP contribution is 2.34. The zero-order valence-electron chi connectivity index (χ0n) is 25.9. The fourth-order valence-electron chi connectivity index (χ4n) is 5.28. The Morgan fingerprint density at radius 3 is 2.56 bits per heavy atom. The third kappa shape index (κ3) is 8.47. The van der Waals surface area contributed by atoms with Gasteiger partial charge in [0.2, 0.25) is 5.95 Å². The highest BCUT2D eigenvalue weighted by Gasteiger charge is 2.34. The van der Waals surface area contributed by atoms with E-state index in [0.29, 0.717) is 18.5 Å². The van der Waals surface area contributed by atoms with Gasteiger partial charge in [-0.05, 0) is 76.9 Å². The van der Waals surface area contributed by atoms with Crippen LogP contribution in [0.1, 0.15) is 24.0 Å². The van der Waals surface area contributed by atoms with Crippen LogP contribution in [0.25, 0.3) is 22.2 Å². The van der Waals surface area contributed by atoms with E-state index in [9.17, 15) is 18.0 Å². The number of amides is 2. The molecule has 1 fully saturated rings. The van der Waals surface area contributed by atoms with Crippen LogP contribution in [-0.2, 0) is 19.8 Å². The van der Waals surface area contributed by atoms with E-state index in [1.165, 1.54) is 12.1 Å². The molecule has 2 aromatic heterocycles. The van der Waals surface area contributed by atoms with Crippen molar-refractivity contribution in [2.75, 3.05) is 63.3 Å². The van der Waals surface area contributed by atoms with Gasteiger partial charge >= 0.3 is 12.2 Å². The van der Waals surface area contributed by atoms with Crippen molar-refractivity contribution in [1.82, 2.24) is 34.9 Å². The molecule has 0 aliphatic carbocycles. The van der Waals surface area contributed by atoms with Crippen molar-refractivity contribution >= 4 is 34.4 Å². The lowest BCUT2D eigenvalue weighted by Crippen LogP contribution is -2.35. The van der Waals surface area contributed by atoms with Crippen LogP contribution in [0.15, 0.2) is 48.7 Å². The Balaban J connectivity index is 1.25. The topological polar surface area (TPSA) is 115 Å². The Morgan fingerprint density at radius 1 is 1.04 bits per heavy atom. The fraction of sp³-hybridized carbons (Fsp3) is 0.419. The molecule has 14 heteroatoms. The molecule has 3 heterocycles. The van der Waals surface area contributed by atoms with Gasteiger partial charge in [0.25, 0.3) is 0 Å². The summed E-state index contributed by atoms with van der Waals surface area (Å²) in [6, 6.07) is 10.9. The van der Waals surface area contributed by atoms with Crippen molar-refractivity contribution in [2.24, 2.45) is 7.05 Å². The third-order valence-corrected chi connectivity index (χ3v) is 7.71. The number of piperidine rings is 1. The molecule has 1 aliphatic heterocycles. The van der Waals surface area contributed by atoms with Crippen LogP contribution in [0.2, 0.25) is 0 Å². The minimum absolute atomic E-state index is 0.0271. The second kappa shape index (κ2) is 13.8. The van der Waals surface area contributed by atoms with Gasteiger partial charge in [0.15, 0.2) is 5.82 Å². The van der Waals surface area contributed by atoms with Gasteiger partial charge in [0.1, 0.15) is 0 Å². The molecule has 4 N–H and O–H groups in total. The molecule has 1 saturated heterocycles. The smallest absolute Gasteiger partial charge is 0.351 e. The molecule has 0 atom stereocenters. The quantitative estimate of drug-likeness (QED) is 0.198. The average Bonchev–Trinajstić information content (AvgIpc) is 3.35. The van der Waals surface area contributed by atoms with E-state index in [1.54, 1.807) is 31.0 Å². The number of nitrogens with one attached hydrogen (secondary N) is 4. The first-order valence-corrected chi connectivity index (χ1v) is 14.8. The van der Waals surface area contributed by atoms with Gasteiger partial charge in [-0.25, -0.2) is 14.8 Å². The number of hydrogen-bond acceptors (Lipinski definition) is 8. The fourth-order valence-corrected chi connectivity index (χ4v) is 5.28. The standard InChI is InChI=1S/C31H39F3N10O/c1-42(2)13-14-43(3)19-21-5-7-24(16-25(21)31(32,33)34)38-30(45)40-28-17-27(44(4)41-28)20-6-8-26-22(15-20)18-36-29(39-26)37-23-9-11-35-12-10-23/h5-8,15-18,23,35H,9-14,19H2,1-4H3,(H,36,37,39)(H2,38,40,41,45). The number of benzene rings is 2. The van der Waals surface area contributed by atoms with Gasteiger partial charge in [-0.15, -0.1) is 0 Å². The molecule has 11 nitrogen and oxygen atoms in total. The molecule has 0 radical (unpaired) electrons. The second-order valence-electron chi connectivity index (χ2n) is 11.7. The molecule has 2 amide bonds. The van der Waals surface area contributed by atoms with Crippen LogP contribution in [0, 0.1) is 0 Å². The van der Waals surface area contributed by atoms with Gasteiger partial charge in [-0.3, -0.25) is 10.00 Å². The summed E-state index contributed by atoms with van der Waals surface area (Å²) < 4.78 is 43.4. The van der Waals surface area contributed by atoms with Crippen LogP contribution in [-0.4, -0.2) is 88.9 Å². The summed E-state index contributed by atoms with van der Waals surface area (Å²) >= 11 is 0. The predicted octanol–water partition coefficient (Wildman–Crippen LogP) is 4.85. The van der Waals surface area contributed by atoms with Crippen molar-refractivity contribution < 1.29 is 18.0 Å². The van der Waals surface area contributed by atoms with E-state index in [1.807, 2.05) is 42.1 Å². The van der Waals surface area contributed by atoms with E-state index in [-0.39, 0.29) is 23.6 Å².